The number of benzene rings is 1. The predicted octanol–water partition coefficient (Wildman–Crippen LogP) is 3.43. The summed E-state index contributed by atoms with van der Waals surface area (Å²) in [7, 11) is 3.40. The molecule has 1 aromatic rings. The molecule has 0 fully saturated rings. The van der Waals surface area contributed by atoms with Gasteiger partial charge in [-0.05, 0) is 23.8 Å². The van der Waals surface area contributed by atoms with Gasteiger partial charge in [0, 0.05) is 16.1 Å². The molecule has 0 amide bonds. The second kappa shape index (κ2) is 5.32. The van der Waals surface area contributed by atoms with Crippen molar-refractivity contribution >= 4 is 27.7 Å². The molecule has 0 spiro atoms. The largest absolute Gasteiger partial charge is 0.493 e. The quantitative estimate of drug-likeness (QED) is 0.797. The van der Waals surface area contributed by atoms with Gasteiger partial charge in [-0.1, -0.05) is 22.0 Å². The number of rotatable bonds is 3. The normalized spacial score (nSPS) is 19.1. The lowest BCUT2D eigenvalue weighted by Gasteiger charge is -2.26. The average Bonchev–Trinajstić information content (AvgIpc) is 2.36. The Morgan fingerprint density at radius 3 is 2.81 bits per heavy atom. The van der Waals surface area contributed by atoms with Gasteiger partial charge in [0.1, 0.15) is 0 Å². The minimum Gasteiger partial charge on any atom is -0.493 e. The SMILES string of the molecule is COc1ccc2c(c1OC)CCSC2CBr. The van der Waals surface area contributed by atoms with E-state index in [1.165, 1.54) is 11.1 Å². The molecule has 1 aromatic carbocycles. The lowest BCUT2D eigenvalue weighted by Crippen LogP contribution is -2.11. The van der Waals surface area contributed by atoms with Crippen LogP contribution in [-0.2, 0) is 6.42 Å². The van der Waals surface area contributed by atoms with E-state index in [0.29, 0.717) is 5.25 Å². The van der Waals surface area contributed by atoms with Crippen LogP contribution in [0.1, 0.15) is 16.4 Å². The summed E-state index contributed by atoms with van der Waals surface area (Å²) in [5.74, 6) is 2.89. The number of hydrogen-bond acceptors (Lipinski definition) is 3. The first-order valence-corrected chi connectivity index (χ1v) is 7.40. The summed E-state index contributed by atoms with van der Waals surface area (Å²) in [6.07, 6.45) is 1.06. The fourth-order valence-corrected chi connectivity index (χ4v) is 4.09. The number of methoxy groups -OCH3 is 2. The van der Waals surface area contributed by atoms with Crippen LogP contribution in [0.5, 0.6) is 11.5 Å². The lowest BCUT2D eigenvalue weighted by molar-refractivity contribution is 0.351. The second-order valence-corrected chi connectivity index (χ2v) is 5.59. The highest BCUT2D eigenvalue weighted by Crippen LogP contribution is 2.44. The van der Waals surface area contributed by atoms with Crippen LogP contribution in [0.25, 0.3) is 0 Å². The highest BCUT2D eigenvalue weighted by Gasteiger charge is 2.24. The Kier molecular flexibility index (Phi) is 4.03. The van der Waals surface area contributed by atoms with E-state index in [4.69, 9.17) is 9.47 Å². The third-order valence-corrected chi connectivity index (χ3v) is 5.18. The molecular weight excluding hydrogens is 288 g/mol. The number of ether oxygens (including phenoxy) is 2. The van der Waals surface area contributed by atoms with Gasteiger partial charge in [-0.2, -0.15) is 11.8 Å². The Morgan fingerprint density at radius 2 is 2.19 bits per heavy atom. The highest BCUT2D eigenvalue weighted by molar-refractivity contribution is 9.09. The Labute approximate surface area is 109 Å². The summed E-state index contributed by atoms with van der Waals surface area (Å²) < 4.78 is 10.8. The van der Waals surface area contributed by atoms with Crippen molar-refractivity contribution in [3.05, 3.63) is 23.3 Å². The molecule has 1 aliphatic rings. The maximum Gasteiger partial charge on any atom is 0.164 e. The molecule has 0 aliphatic carbocycles. The van der Waals surface area contributed by atoms with Crippen molar-refractivity contribution in [2.24, 2.45) is 0 Å². The smallest absolute Gasteiger partial charge is 0.164 e. The second-order valence-electron chi connectivity index (χ2n) is 3.63. The van der Waals surface area contributed by atoms with Gasteiger partial charge in [0.25, 0.3) is 0 Å². The first-order valence-electron chi connectivity index (χ1n) is 5.23. The van der Waals surface area contributed by atoms with Crippen molar-refractivity contribution in [1.29, 1.82) is 0 Å². The molecule has 0 bridgehead atoms. The standard InChI is InChI=1S/C12H15BrO2S/c1-14-10-4-3-8-9(12(10)15-2)5-6-16-11(8)7-13/h3-4,11H,5-7H2,1-2H3. The molecule has 0 saturated heterocycles. The van der Waals surface area contributed by atoms with Crippen LogP contribution < -0.4 is 9.47 Å². The molecule has 2 rings (SSSR count). The van der Waals surface area contributed by atoms with E-state index in [-0.39, 0.29) is 0 Å². The first-order chi connectivity index (χ1) is 7.81. The van der Waals surface area contributed by atoms with Crippen LogP contribution in [0.4, 0.5) is 0 Å². The van der Waals surface area contributed by atoms with Crippen molar-refractivity contribution in [1.82, 2.24) is 0 Å². The van der Waals surface area contributed by atoms with Crippen LogP contribution in [-0.4, -0.2) is 25.3 Å². The highest BCUT2D eigenvalue weighted by atomic mass is 79.9. The Bertz CT molecular complexity index is 382. The van der Waals surface area contributed by atoms with Crippen LogP contribution in [0.15, 0.2) is 12.1 Å². The molecule has 0 radical (unpaired) electrons. The zero-order valence-electron chi connectivity index (χ0n) is 9.46. The van der Waals surface area contributed by atoms with Gasteiger partial charge in [-0.25, -0.2) is 0 Å². The van der Waals surface area contributed by atoms with Crippen LogP contribution in [0.2, 0.25) is 0 Å². The number of alkyl halides is 1. The van der Waals surface area contributed by atoms with E-state index in [9.17, 15) is 0 Å². The molecule has 1 heterocycles. The van der Waals surface area contributed by atoms with Crippen LogP contribution in [0.3, 0.4) is 0 Å². The van der Waals surface area contributed by atoms with Gasteiger partial charge in [-0.3, -0.25) is 0 Å². The Balaban J connectivity index is 2.50. The topological polar surface area (TPSA) is 18.5 Å². The van der Waals surface area contributed by atoms with Gasteiger partial charge >= 0.3 is 0 Å². The predicted molar refractivity (Wildman–Crippen MR) is 72.2 cm³/mol. The van der Waals surface area contributed by atoms with E-state index in [0.717, 1.165) is 29.0 Å². The first kappa shape index (κ1) is 12.1. The zero-order valence-corrected chi connectivity index (χ0v) is 11.9. The molecule has 1 aliphatic heterocycles. The van der Waals surface area contributed by atoms with E-state index < -0.39 is 0 Å². The third kappa shape index (κ3) is 2.05. The van der Waals surface area contributed by atoms with Crippen molar-refractivity contribution in [2.45, 2.75) is 11.7 Å². The van der Waals surface area contributed by atoms with E-state index >= 15 is 0 Å². The van der Waals surface area contributed by atoms with Gasteiger partial charge in [0.2, 0.25) is 0 Å². The molecule has 16 heavy (non-hydrogen) atoms. The Hall–Kier alpha value is -0.350. The minimum atomic E-state index is 0.531. The van der Waals surface area contributed by atoms with Crippen molar-refractivity contribution in [2.75, 3.05) is 25.3 Å². The number of thioether (sulfide) groups is 1. The van der Waals surface area contributed by atoms with Crippen LogP contribution in [0, 0.1) is 0 Å². The molecule has 1 unspecified atom stereocenters. The maximum atomic E-state index is 5.48. The Morgan fingerprint density at radius 1 is 1.38 bits per heavy atom. The summed E-state index contributed by atoms with van der Waals surface area (Å²) in [5.41, 5.74) is 2.69. The molecule has 0 N–H and O–H groups in total. The summed E-state index contributed by atoms with van der Waals surface area (Å²) in [6.45, 7) is 0. The van der Waals surface area contributed by atoms with Crippen molar-refractivity contribution in [3.8, 4) is 11.5 Å². The molecule has 88 valence electrons. The van der Waals surface area contributed by atoms with Gasteiger partial charge in [-0.15, -0.1) is 0 Å². The minimum absolute atomic E-state index is 0.531. The van der Waals surface area contributed by atoms with Gasteiger partial charge in [0.15, 0.2) is 11.5 Å². The summed E-state index contributed by atoms with van der Waals surface area (Å²) in [5, 5.41) is 1.52. The molecular formula is C12H15BrO2S. The van der Waals surface area contributed by atoms with Gasteiger partial charge < -0.3 is 9.47 Å². The van der Waals surface area contributed by atoms with Crippen molar-refractivity contribution < 1.29 is 9.47 Å². The lowest BCUT2D eigenvalue weighted by atomic mass is 10.0. The third-order valence-electron chi connectivity index (χ3n) is 2.84. The van der Waals surface area contributed by atoms with E-state index in [2.05, 4.69) is 22.0 Å². The molecule has 1 atom stereocenters. The number of halogens is 1. The zero-order chi connectivity index (χ0) is 11.5. The van der Waals surface area contributed by atoms with Gasteiger partial charge in [0.05, 0.1) is 14.2 Å². The summed E-state index contributed by atoms with van der Waals surface area (Å²) in [4.78, 5) is 0. The van der Waals surface area contributed by atoms with Crippen molar-refractivity contribution in [3.63, 3.8) is 0 Å². The van der Waals surface area contributed by atoms with Crippen LogP contribution >= 0.6 is 27.7 Å². The number of hydrogen-bond donors (Lipinski definition) is 0. The molecule has 0 aromatic heterocycles. The van der Waals surface area contributed by atoms with E-state index in [1.54, 1.807) is 14.2 Å². The molecule has 4 heteroatoms. The summed E-state index contributed by atoms with van der Waals surface area (Å²) >= 11 is 5.57. The maximum absolute atomic E-state index is 5.48. The fourth-order valence-electron chi connectivity index (χ4n) is 2.09. The monoisotopic (exact) mass is 302 g/mol. The molecule has 0 saturated carbocycles. The summed E-state index contributed by atoms with van der Waals surface area (Å²) in [6, 6.07) is 4.16. The van der Waals surface area contributed by atoms with E-state index in [1.807, 2.05) is 17.8 Å². The molecule has 2 nitrogen and oxygen atoms in total. The number of fused-ring (bicyclic) bond motifs is 1. The average molecular weight is 303 g/mol. The fraction of sp³-hybridized carbons (Fsp3) is 0.500.